The van der Waals surface area contributed by atoms with Gasteiger partial charge in [-0.3, -0.25) is 0 Å². The second-order valence-electron chi connectivity index (χ2n) is 4.93. The Balaban J connectivity index is 1.72. The quantitative estimate of drug-likeness (QED) is 0.748. The molecule has 0 atom stereocenters. The Morgan fingerprint density at radius 2 is 1.76 bits per heavy atom. The molecule has 0 spiro atoms. The Morgan fingerprint density at radius 1 is 1.10 bits per heavy atom. The molecule has 21 heavy (non-hydrogen) atoms. The molecule has 3 aromatic rings. The summed E-state index contributed by atoms with van der Waals surface area (Å²) in [4.78, 5) is 5.16. The van der Waals surface area contributed by atoms with Gasteiger partial charge >= 0.3 is 0 Å². The summed E-state index contributed by atoms with van der Waals surface area (Å²) >= 11 is 7.33. The molecular formula is C16H16ClN3S. The largest absolute Gasteiger partial charge is 0.380 e. The van der Waals surface area contributed by atoms with Crippen LogP contribution >= 0.6 is 22.9 Å². The minimum Gasteiger partial charge on any atom is -0.380 e. The Labute approximate surface area is 133 Å². The van der Waals surface area contributed by atoms with Crippen molar-refractivity contribution in [1.29, 1.82) is 0 Å². The third-order valence-electron chi connectivity index (χ3n) is 3.39. The van der Waals surface area contributed by atoms with Crippen LogP contribution in [-0.2, 0) is 6.54 Å². The Kier molecular flexibility index (Phi) is 3.99. The summed E-state index contributed by atoms with van der Waals surface area (Å²) in [6.07, 6.45) is 1.81. The maximum atomic E-state index is 5.83. The van der Waals surface area contributed by atoms with E-state index in [0.717, 1.165) is 17.1 Å². The number of nitrogens with one attached hydrogen (secondary N) is 1. The molecule has 0 bridgehead atoms. The molecular weight excluding hydrogens is 302 g/mol. The Morgan fingerprint density at radius 3 is 2.33 bits per heavy atom. The van der Waals surface area contributed by atoms with Crippen LogP contribution in [0.25, 0.3) is 5.69 Å². The summed E-state index contributed by atoms with van der Waals surface area (Å²) in [5.74, 6) is 0. The highest BCUT2D eigenvalue weighted by Crippen LogP contribution is 2.21. The molecule has 2 aromatic heterocycles. The molecule has 0 aliphatic rings. The molecule has 0 amide bonds. The predicted molar refractivity (Wildman–Crippen MR) is 89.7 cm³/mol. The normalized spacial score (nSPS) is 10.8. The minimum atomic E-state index is 0.584. The third-order valence-corrected chi connectivity index (χ3v) is 4.50. The number of rotatable bonds is 4. The summed E-state index contributed by atoms with van der Waals surface area (Å²) in [5, 5.41) is 3.38. The number of aryl methyl sites for hydroxylation is 2. The molecule has 0 unspecified atom stereocenters. The van der Waals surface area contributed by atoms with E-state index in [9.17, 15) is 0 Å². The van der Waals surface area contributed by atoms with Crippen molar-refractivity contribution in [3.8, 4) is 5.69 Å². The van der Waals surface area contributed by atoms with Gasteiger partial charge in [-0.25, -0.2) is 4.98 Å². The first kappa shape index (κ1) is 14.2. The number of aromatic nitrogens is 2. The van der Waals surface area contributed by atoms with E-state index in [1.54, 1.807) is 6.20 Å². The van der Waals surface area contributed by atoms with Gasteiger partial charge in [-0.05, 0) is 50.2 Å². The van der Waals surface area contributed by atoms with Crippen LogP contribution in [0.4, 0.5) is 5.69 Å². The van der Waals surface area contributed by atoms with Crippen molar-refractivity contribution in [2.75, 3.05) is 5.32 Å². The van der Waals surface area contributed by atoms with Crippen molar-refractivity contribution in [1.82, 2.24) is 9.55 Å². The summed E-state index contributed by atoms with van der Waals surface area (Å²) in [6.45, 7) is 4.98. The first-order valence-electron chi connectivity index (χ1n) is 6.73. The molecule has 0 aliphatic carbocycles. The Bertz CT molecular complexity index is 724. The molecule has 0 saturated carbocycles. The van der Waals surface area contributed by atoms with E-state index in [2.05, 4.69) is 65.1 Å². The van der Waals surface area contributed by atoms with Gasteiger partial charge in [0.05, 0.1) is 6.54 Å². The molecule has 1 N–H and O–H groups in total. The number of halogens is 1. The monoisotopic (exact) mass is 317 g/mol. The van der Waals surface area contributed by atoms with Gasteiger partial charge in [-0.15, -0.1) is 11.3 Å². The fraction of sp³-hybridized carbons (Fsp3) is 0.188. The van der Waals surface area contributed by atoms with Gasteiger partial charge in [-0.1, -0.05) is 11.6 Å². The van der Waals surface area contributed by atoms with E-state index in [4.69, 9.17) is 11.6 Å². The molecule has 2 heterocycles. The van der Waals surface area contributed by atoms with E-state index >= 15 is 0 Å². The second kappa shape index (κ2) is 5.92. The summed E-state index contributed by atoms with van der Waals surface area (Å²) in [7, 11) is 0. The number of benzene rings is 1. The summed E-state index contributed by atoms with van der Waals surface area (Å²) < 4.78 is 2.83. The lowest BCUT2D eigenvalue weighted by atomic mass is 10.2. The van der Waals surface area contributed by atoms with Gasteiger partial charge in [0.1, 0.15) is 0 Å². The summed E-state index contributed by atoms with van der Waals surface area (Å²) in [6, 6.07) is 12.7. The van der Waals surface area contributed by atoms with Crippen LogP contribution in [0.2, 0.25) is 4.47 Å². The van der Waals surface area contributed by atoms with E-state index in [1.807, 2.05) is 0 Å². The number of nitrogens with zero attached hydrogens (tertiary/aromatic N) is 2. The van der Waals surface area contributed by atoms with Crippen molar-refractivity contribution < 1.29 is 0 Å². The van der Waals surface area contributed by atoms with Crippen molar-refractivity contribution >= 4 is 28.6 Å². The number of anilines is 1. The molecule has 108 valence electrons. The molecule has 3 nitrogen and oxygen atoms in total. The van der Waals surface area contributed by atoms with Crippen LogP contribution in [0.15, 0.2) is 42.6 Å². The lowest BCUT2D eigenvalue weighted by molar-refractivity contribution is 0.966. The topological polar surface area (TPSA) is 29.9 Å². The average Bonchev–Trinajstić information content (AvgIpc) is 3.04. The van der Waals surface area contributed by atoms with Gasteiger partial charge in [0.2, 0.25) is 0 Å². The van der Waals surface area contributed by atoms with Crippen LogP contribution in [0.3, 0.4) is 0 Å². The van der Waals surface area contributed by atoms with Crippen LogP contribution in [0.1, 0.15) is 16.3 Å². The van der Waals surface area contributed by atoms with Gasteiger partial charge in [0.15, 0.2) is 4.47 Å². The molecule has 1 aromatic carbocycles. The van der Waals surface area contributed by atoms with E-state index in [-0.39, 0.29) is 0 Å². The minimum absolute atomic E-state index is 0.584. The first-order chi connectivity index (χ1) is 10.1. The van der Waals surface area contributed by atoms with E-state index in [0.29, 0.717) is 4.47 Å². The van der Waals surface area contributed by atoms with E-state index < -0.39 is 0 Å². The highest BCUT2D eigenvalue weighted by Gasteiger charge is 2.04. The predicted octanol–water partition coefficient (Wildman–Crippen LogP) is 4.82. The third kappa shape index (κ3) is 3.12. The van der Waals surface area contributed by atoms with Gasteiger partial charge in [0.25, 0.3) is 0 Å². The maximum absolute atomic E-state index is 5.83. The zero-order valence-electron chi connectivity index (χ0n) is 11.9. The number of hydrogen-bond acceptors (Lipinski definition) is 3. The molecule has 0 aliphatic heterocycles. The molecule has 0 radical (unpaired) electrons. The van der Waals surface area contributed by atoms with Crippen LogP contribution in [0, 0.1) is 13.8 Å². The molecule has 0 fully saturated rings. The van der Waals surface area contributed by atoms with Crippen LogP contribution in [-0.4, -0.2) is 9.55 Å². The van der Waals surface area contributed by atoms with E-state index in [1.165, 1.54) is 28.4 Å². The van der Waals surface area contributed by atoms with Gasteiger partial charge < -0.3 is 9.88 Å². The van der Waals surface area contributed by atoms with Crippen LogP contribution in [0.5, 0.6) is 0 Å². The van der Waals surface area contributed by atoms with Gasteiger partial charge in [0, 0.05) is 33.8 Å². The van der Waals surface area contributed by atoms with Crippen molar-refractivity contribution in [2.45, 2.75) is 20.4 Å². The zero-order valence-corrected chi connectivity index (χ0v) is 13.5. The molecule has 0 saturated heterocycles. The second-order valence-corrected chi connectivity index (χ2v) is 6.63. The lowest BCUT2D eigenvalue weighted by Gasteiger charge is -2.11. The standard InChI is InChI=1S/C16H16ClN3S/c1-11-3-4-12(2)20(11)14-7-5-13(6-8-14)18-9-15-10-19-16(17)21-15/h3-8,10,18H,9H2,1-2H3. The number of hydrogen-bond donors (Lipinski definition) is 1. The fourth-order valence-corrected chi connectivity index (χ4v) is 3.28. The van der Waals surface area contributed by atoms with Gasteiger partial charge in [-0.2, -0.15) is 0 Å². The lowest BCUT2D eigenvalue weighted by Crippen LogP contribution is -2.00. The SMILES string of the molecule is Cc1ccc(C)n1-c1ccc(NCc2cnc(Cl)s2)cc1. The smallest absolute Gasteiger partial charge is 0.183 e. The highest BCUT2D eigenvalue weighted by molar-refractivity contribution is 7.15. The van der Waals surface area contributed by atoms with Crippen molar-refractivity contribution in [3.05, 3.63) is 63.3 Å². The fourth-order valence-electron chi connectivity index (χ4n) is 2.36. The van der Waals surface area contributed by atoms with Crippen LogP contribution < -0.4 is 5.32 Å². The molecule has 5 heteroatoms. The first-order valence-corrected chi connectivity index (χ1v) is 7.92. The molecule has 3 rings (SSSR count). The summed E-state index contributed by atoms with van der Waals surface area (Å²) in [5.41, 5.74) is 4.76. The zero-order chi connectivity index (χ0) is 14.8. The van der Waals surface area contributed by atoms with Crippen molar-refractivity contribution in [2.24, 2.45) is 0 Å². The Hall–Kier alpha value is -1.78. The number of thiazole rings is 1. The average molecular weight is 318 g/mol. The van der Waals surface area contributed by atoms with Crippen molar-refractivity contribution in [3.63, 3.8) is 0 Å². The highest BCUT2D eigenvalue weighted by atomic mass is 35.5. The maximum Gasteiger partial charge on any atom is 0.183 e.